The fourth-order valence-corrected chi connectivity index (χ4v) is 3.41. The van der Waals surface area contributed by atoms with Crippen molar-refractivity contribution in [2.45, 2.75) is 0 Å². The number of hydrazone groups is 1. The van der Waals surface area contributed by atoms with Gasteiger partial charge in [0.2, 0.25) is 0 Å². The zero-order valence-electron chi connectivity index (χ0n) is 12.7. The molecular weight excluding hydrogens is 298 g/mol. The molecule has 2 aromatic carbocycles. The summed E-state index contributed by atoms with van der Waals surface area (Å²) in [5.41, 5.74) is 8.01. The Balaban J connectivity index is 1.84. The van der Waals surface area contributed by atoms with E-state index < -0.39 is 0 Å². The zero-order valence-corrected chi connectivity index (χ0v) is 12.7. The fourth-order valence-electron chi connectivity index (χ4n) is 3.41. The second-order valence-corrected chi connectivity index (χ2v) is 5.73. The number of pyridine rings is 1. The van der Waals surface area contributed by atoms with Gasteiger partial charge in [0, 0.05) is 28.5 Å². The van der Waals surface area contributed by atoms with Gasteiger partial charge in [-0.2, -0.15) is 5.10 Å². The number of aromatic amines is 1. The molecule has 5 rings (SSSR count). The highest BCUT2D eigenvalue weighted by molar-refractivity contribution is 6.26. The lowest BCUT2D eigenvalue weighted by Gasteiger charge is -2.06. The lowest BCUT2D eigenvalue weighted by atomic mass is 9.99. The molecule has 0 saturated heterocycles. The third-order valence-electron chi connectivity index (χ3n) is 4.44. The molecule has 0 atom stereocenters. The van der Waals surface area contributed by atoms with Gasteiger partial charge < -0.3 is 10.8 Å². The van der Waals surface area contributed by atoms with Crippen molar-refractivity contribution in [1.82, 2.24) is 15.0 Å². The molecule has 5 nitrogen and oxygen atoms in total. The van der Waals surface area contributed by atoms with E-state index in [1.807, 2.05) is 30.3 Å². The van der Waals surface area contributed by atoms with Crippen LogP contribution in [-0.4, -0.2) is 20.7 Å². The molecule has 0 spiro atoms. The maximum absolute atomic E-state index is 5.67. The minimum absolute atomic E-state index is 0.820. The Morgan fingerprint density at radius 1 is 0.875 bits per heavy atom. The van der Waals surface area contributed by atoms with E-state index in [1.54, 1.807) is 12.4 Å². The topological polar surface area (TPSA) is 79.9 Å². The highest BCUT2D eigenvalue weighted by atomic mass is 15.1. The van der Waals surface area contributed by atoms with Crippen molar-refractivity contribution in [3.05, 3.63) is 72.1 Å². The van der Waals surface area contributed by atoms with Crippen LogP contribution in [0.2, 0.25) is 0 Å². The van der Waals surface area contributed by atoms with Crippen molar-refractivity contribution in [3.8, 4) is 22.5 Å². The summed E-state index contributed by atoms with van der Waals surface area (Å²) in [4.78, 5) is 12.2. The van der Waals surface area contributed by atoms with E-state index in [2.05, 4.69) is 33.3 Å². The lowest BCUT2D eigenvalue weighted by Crippen LogP contribution is -2.01. The number of rotatable bonds is 1. The van der Waals surface area contributed by atoms with E-state index in [9.17, 15) is 0 Å². The van der Waals surface area contributed by atoms with Crippen LogP contribution < -0.4 is 5.84 Å². The second kappa shape index (κ2) is 4.76. The number of hydrogen-bond acceptors (Lipinski definition) is 4. The summed E-state index contributed by atoms with van der Waals surface area (Å²) in [6, 6.07) is 16.2. The number of nitrogens with two attached hydrogens (primary N) is 1. The zero-order chi connectivity index (χ0) is 16.1. The average Bonchev–Trinajstić information content (AvgIpc) is 3.20. The van der Waals surface area contributed by atoms with Crippen molar-refractivity contribution in [2.75, 3.05) is 0 Å². The van der Waals surface area contributed by atoms with Crippen LogP contribution in [-0.2, 0) is 0 Å². The standard InChI is InChI=1S/C19H13N5/c20-24-18-12-5-2-1-4-11(12)17-13(18)6-3-7-14(17)19-22-15-8-9-21-10-16(15)23-19/h1-10H,20H2,(H,22,23)/b24-18+. The Morgan fingerprint density at radius 3 is 2.50 bits per heavy atom. The molecular formula is C19H13N5. The minimum atomic E-state index is 0.820. The van der Waals surface area contributed by atoms with Gasteiger partial charge >= 0.3 is 0 Å². The summed E-state index contributed by atoms with van der Waals surface area (Å²) in [6.07, 6.45) is 3.52. The first-order chi connectivity index (χ1) is 11.9. The molecule has 0 aliphatic heterocycles. The Labute approximate surface area is 137 Å². The summed E-state index contributed by atoms with van der Waals surface area (Å²) in [5.74, 6) is 6.49. The molecule has 1 aliphatic carbocycles. The summed E-state index contributed by atoms with van der Waals surface area (Å²) in [6.45, 7) is 0. The van der Waals surface area contributed by atoms with E-state index in [1.165, 1.54) is 0 Å². The second-order valence-electron chi connectivity index (χ2n) is 5.73. The molecule has 114 valence electrons. The van der Waals surface area contributed by atoms with Gasteiger partial charge in [-0.25, -0.2) is 4.98 Å². The molecule has 0 radical (unpaired) electrons. The van der Waals surface area contributed by atoms with E-state index in [0.29, 0.717) is 0 Å². The smallest absolute Gasteiger partial charge is 0.139 e. The highest BCUT2D eigenvalue weighted by Gasteiger charge is 2.27. The number of fused-ring (bicyclic) bond motifs is 4. The summed E-state index contributed by atoms with van der Waals surface area (Å²) < 4.78 is 0. The molecule has 0 amide bonds. The van der Waals surface area contributed by atoms with E-state index >= 15 is 0 Å². The van der Waals surface area contributed by atoms with E-state index in [0.717, 1.165) is 50.4 Å². The Kier molecular flexibility index (Phi) is 2.58. The predicted molar refractivity (Wildman–Crippen MR) is 94.6 cm³/mol. The number of imidazole rings is 1. The molecule has 1 aliphatic rings. The van der Waals surface area contributed by atoms with E-state index in [-0.39, 0.29) is 0 Å². The lowest BCUT2D eigenvalue weighted by molar-refractivity contribution is 1.25. The van der Waals surface area contributed by atoms with Crippen LogP contribution in [0.3, 0.4) is 0 Å². The largest absolute Gasteiger partial charge is 0.338 e. The molecule has 5 heteroatoms. The Hall–Kier alpha value is -3.47. The van der Waals surface area contributed by atoms with Crippen LogP contribution in [0.5, 0.6) is 0 Å². The Morgan fingerprint density at radius 2 is 1.67 bits per heavy atom. The normalized spacial score (nSPS) is 14.1. The van der Waals surface area contributed by atoms with Crippen molar-refractivity contribution < 1.29 is 0 Å². The van der Waals surface area contributed by atoms with Gasteiger partial charge in [-0.15, -0.1) is 0 Å². The van der Waals surface area contributed by atoms with Gasteiger partial charge in [-0.3, -0.25) is 4.98 Å². The van der Waals surface area contributed by atoms with Gasteiger partial charge in [-0.1, -0.05) is 42.5 Å². The average molecular weight is 311 g/mol. The predicted octanol–water partition coefficient (Wildman–Crippen LogP) is 3.32. The van der Waals surface area contributed by atoms with Gasteiger partial charge in [0.05, 0.1) is 17.4 Å². The molecule has 2 aromatic heterocycles. The van der Waals surface area contributed by atoms with Crippen LogP contribution in [0.25, 0.3) is 33.5 Å². The van der Waals surface area contributed by atoms with Gasteiger partial charge in [0.1, 0.15) is 11.3 Å². The molecule has 0 saturated carbocycles. The van der Waals surface area contributed by atoms with Crippen LogP contribution in [0, 0.1) is 0 Å². The third-order valence-corrected chi connectivity index (χ3v) is 4.44. The van der Waals surface area contributed by atoms with Crippen LogP contribution in [0.1, 0.15) is 11.1 Å². The first-order valence-electron chi connectivity index (χ1n) is 7.68. The molecule has 0 bridgehead atoms. The molecule has 24 heavy (non-hydrogen) atoms. The Bertz CT molecular complexity index is 1090. The van der Waals surface area contributed by atoms with Crippen LogP contribution in [0.4, 0.5) is 0 Å². The summed E-state index contributed by atoms with van der Waals surface area (Å²) in [5, 5.41) is 4.02. The fraction of sp³-hybridized carbons (Fsp3) is 0. The number of H-pyrrole nitrogens is 1. The maximum atomic E-state index is 5.67. The number of hydrogen-bond donors (Lipinski definition) is 2. The highest BCUT2D eigenvalue weighted by Crippen LogP contribution is 2.42. The monoisotopic (exact) mass is 311 g/mol. The first-order valence-corrected chi connectivity index (χ1v) is 7.68. The quantitative estimate of drug-likeness (QED) is 0.368. The maximum Gasteiger partial charge on any atom is 0.139 e. The van der Waals surface area contributed by atoms with Crippen LogP contribution >= 0.6 is 0 Å². The van der Waals surface area contributed by atoms with Crippen LogP contribution in [0.15, 0.2) is 66.0 Å². The van der Waals surface area contributed by atoms with E-state index in [4.69, 9.17) is 10.8 Å². The summed E-state index contributed by atoms with van der Waals surface area (Å²) >= 11 is 0. The van der Waals surface area contributed by atoms with Gasteiger partial charge in [-0.05, 0) is 11.6 Å². The SMILES string of the molecule is N/N=C1\c2ccccc2-c2c1cccc2-c1nc2cnccc2[nH]1. The molecule has 0 fully saturated rings. The third kappa shape index (κ3) is 1.66. The number of nitrogens with one attached hydrogen (secondary N) is 1. The minimum Gasteiger partial charge on any atom is -0.338 e. The number of nitrogens with zero attached hydrogens (tertiary/aromatic N) is 3. The summed E-state index contributed by atoms with van der Waals surface area (Å²) in [7, 11) is 0. The first kappa shape index (κ1) is 13.0. The van der Waals surface area contributed by atoms with Crippen molar-refractivity contribution in [3.63, 3.8) is 0 Å². The number of benzene rings is 2. The molecule has 3 N–H and O–H groups in total. The van der Waals surface area contributed by atoms with Crippen molar-refractivity contribution in [1.29, 1.82) is 0 Å². The molecule has 4 aromatic rings. The van der Waals surface area contributed by atoms with Crippen molar-refractivity contribution in [2.24, 2.45) is 10.9 Å². The van der Waals surface area contributed by atoms with Crippen molar-refractivity contribution >= 4 is 16.7 Å². The molecule has 2 heterocycles. The van der Waals surface area contributed by atoms with Gasteiger partial charge in [0.25, 0.3) is 0 Å². The van der Waals surface area contributed by atoms with Gasteiger partial charge in [0.15, 0.2) is 0 Å². The molecule has 0 unspecified atom stereocenters. The number of aromatic nitrogens is 3.